The minimum atomic E-state index is -1.19. The number of carbonyl (C=O) groups is 1. The first-order chi connectivity index (χ1) is 14.7. The van der Waals surface area contributed by atoms with Gasteiger partial charge in [-0.05, 0) is 23.6 Å². The lowest BCUT2D eigenvalue weighted by atomic mass is 9.90. The fourth-order valence-electron chi connectivity index (χ4n) is 3.35. The zero-order valence-corrected chi connectivity index (χ0v) is 17.7. The number of carboxylic acids is 1. The van der Waals surface area contributed by atoms with Crippen LogP contribution in [0.5, 0.6) is 5.88 Å². The first kappa shape index (κ1) is 24.5. The molecule has 0 saturated carbocycles. The molecular formula is C23H28FNO6. The number of pyridine rings is 1. The van der Waals surface area contributed by atoms with Gasteiger partial charge in [-0.2, -0.15) is 0 Å². The van der Waals surface area contributed by atoms with E-state index in [-0.39, 0.29) is 24.8 Å². The zero-order valence-electron chi connectivity index (χ0n) is 17.7. The summed E-state index contributed by atoms with van der Waals surface area (Å²) in [7, 11) is 1.45. The van der Waals surface area contributed by atoms with Crippen molar-refractivity contribution in [2.24, 2.45) is 0 Å². The quantitative estimate of drug-likeness (QED) is 0.454. The third-order valence-electron chi connectivity index (χ3n) is 4.77. The normalized spacial score (nSPS) is 13.5. The third kappa shape index (κ3) is 6.33. The van der Waals surface area contributed by atoms with Crippen LogP contribution >= 0.6 is 0 Å². The van der Waals surface area contributed by atoms with Gasteiger partial charge in [0.05, 0.1) is 38.0 Å². The summed E-state index contributed by atoms with van der Waals surface area (Å²) in [6.45, 7) is 3.49. The van der Waals surface area contributed by atoms with E-state index in [4.69, 9.17) is 9.84 Å². The van der Waals surface area contributed by atoms with Gasteiger partial charge in [-0.3, -0.25) is 4.79 Å². The number of ether oxygens (including phenoxy) is 1. The Kier molecular flexibility index (Phi) is 8.67. The van der Waals surface area contributed by atoms with Crippen LogP contribution < -0.4 is 4.74 Å². The molecule has 0 aliphatic heterocycles. The van der Waals surface area contributed by atoms with Gasteiger partial charge in [0.15, 0.2) is 0 Å². The molecule has 4 N–H and O–H groups in total. The monoisotopic (exact) mass is 433 g/mol. The van der Waals surface area contributed by atoms with Gasteiger partial charge in [0, 0.05) is 23.1 Å². The summed E-state index contributed by atoms with van der Waals surface area (Å²) < 4.78 is 18.9. The Bertz CT molecular complexity index is 927. The molecule has 2 atom stereocenters. The summed E-state index contributed by atoms with van der Waals surface area (Å²) >= 11 is 0. The first-order valence-corrected chi connectivity index (χ1v) is 9.91. The molecule has 0 radical (unpaired) electrons. The van der Waals surface area contributed by atoms with Gasteiger partial charge in [-0.15, -0.1) is 0 Å². The Morgan fingerprint density at radius 3 is 2.39 bits per heavy atom. The molecule has 168 valence electrons. The number of aliphatic carboxylic acids is 1. The maximum Gasteiger partial charge on any atom is 0.305 e. The van der Waals surface area contributed by atoms with Crippen LogP contribution in [0.2, 0.25) is 0 Å². The highest BCUT2D eigenvalue weighted by molar-refractivity contribution is 5.81. The molecule has 0 bridgehead atoms. The van der Waals surface area contributed by atoms with Gasteiger partial charge in [-0.25, -0.2) is 9.37 Å². The molecule has 31 heavy (non-hydrogen) atoms. The topological polar surface area (TPSA) is 120 Å². The molecule has 1 aromatic heterocycles. The lowest BCUT2D eigenvalue weighted by Crippen LogP contribution is -2.19. The van der Waals surface area contributed by atoms with Crippen molar-refractivity contribution in [3.63, 3.8) is 0 Å². The molecule has 2 unspecified atom stereocenters. The highest BCUT2D eigenvalue weighted by atomic mass is 19.1. The summed E-state index contributed by atoms with van der Waals surface area (Å²) in [4.78, 5) is 15.2. The van der Waals surface area contributed by atoms with E-state index in [2.05, 4.69) is 4.98 Å². The molecule has 0 fully saturated rings. The number of rotatable bonds is 10. The van der Waals surface area contributed by atoms with Crippen molar-refractivity contribution in [1.82, 2.24) is 4.98 Å². The molecule has 2 aromatic rings. The fourth-order valence-corrected chi connectivity index (χ4v) is 3.35. The largest absolute Gasteiger partial charge is 0.481 e. The average molecular weight is 433 g/mol. The Labute approximate surface area is 180 Å². The molecular weight excluding hydrogens is 405 g/mol. The van der Waals surface area contributed by atoms with E-state index in [9.17, 15) is 24.5 Å². The van der Waals surface area contributed by atoms with Crippen molar-refractivity contribution < 1.29 is 34.3 Å². The predicted molar refractivity (Wildman–Crippen MR) is 114 cm³/mol. The highest BCUT2D eigenvalue weighted by Crippen LogP contribution is 2.38. The van der Waals surface area contributed by atoms with Crippen molar-refractivity contribution in [2.75, 3.05) is 7.11 Å². The maximum absolute atomic E-state index is 13.5. The first-order valence-electron chi connectivity index (χ1n) is 9.91. The van der Waals surface area contributed by atoms with E-state index >= 15 is 0 Å². The van der Waals surface area contributed by atoms with E-state index < -0.39 is 30.4 Å². The van der Waals surface area contributed by atoms with Crippen LogP contribution in [0.1, 0.15) is 49.4 Å². The lowest BCUT2D eigenvalue weighted by molar-refractivity contribution is -0.139. The number of methoxy groups -OCH3 is 1. The second kappa shape index (κ2) is 11.0. The van der Waals surface area contributed by atoms with Gasteiger partial charge in [0.2, 0.25) is 5.88 Å². The van der Waals surface area contributed by atoms with Gasteiger partial charge >= 0.3 is 5.97 Å². The Hall–Kier alpha value is -2.81. The van der Waals surface area contributed by atoms with Crippen molar-refractivity contribution >= 4 is 12.0 Å². The standard InChI is InChI=1S/C23H28FNO6/c1-13(2)22-18(9-8-16(27)10-17(28)11-20(29)30)21(14-4-6-15(24)7-5-14)19(12-26)23(25-22)31-3/h4-9,13,16-17,26-28H,10-12H2,1-3H3,(H,29,30)/b9-8+. The Balaban J connectivity index is 2.60. The number of benzene rings is 1. The van der Waals surface area contributed by atoms with Gasteiger partial charge in [-0.1, -0.05) is 38.1 Å². The summed E-state index contributed by atoms with van der Waals surface area (Å²) in [5.41, 5.74) is 2.89. The van der Waals surface area contributed by atoms with Crippen LogP contribution in [0.15, 0.2) is 30.3 Å². The van der Waals surface area contributed by atoms with Crippen molar-refractivity contribution in [2.45, 2.75) is 51.4 Å². The number of aromatic nitrogens is 1. The van der Waals surface area contributed by atoms with Crippen LogP contribution in [0.3, 0.4) is 0 Å². The van der Waals surface area contributed by atoms with Gasteiger partial charge < -0.3 is 25.2 Å². The summed E-state index contributed by atoms with van der Waals surface area (Å²) in [6, 6.07) is 5.78. The summed E-state index contributed by atoms with van der Waals surface area (Å²) in [6.07, 6.45) is 0.145. The predicted octanol–water partition coefficient (Wildman–Crippen LogP) is 3.11. The van der Waals surface area contributed by atoms with E-state index in [0.29, 0.717) is 27.9 Å². The lowest BCUT2D eigenvalue weighted by Gasteiger charge is -2.20. The molecule has 7 nitrogen and oxygen atoms in total. The minimum absolute atomic E-state index is 0.0461. The van der Waals surface area contributed by atoms with Crippen LogP contribution in [0.4, 0.5) is 4.39 Å². The molecule has 8 heteroatoms. The Morgan fingerprint density at radius 2 is 1.87 bits per heavy atom. The van der Waals surface area contributed by atoms with E-state index in [1.54, 1.807) is 18.2 Å². The molecule has 0 aliphatic carbocycles. The fraction of sp³-hybridized carbons (Fsp3) is 0.391. The van der Waals surface area contributed by atoms with E-state index in [1.807, 2.05) is 13.8 Å². The molecule has 0 saturated heterocycles. The highest BCUT2D eigenvalue weighted by Gasteiger charge is 2.22. The molecule has 0 amide bonds. The van der Waals surface area contributed by atoms with Crippen molar-refractivity contribution in [1.29, 1.82) is 0 Å². The number of carboxylic acid groups (broad SMARTS) is 1. The number of halogens is 1. The second-order valence-corrected chi connectivity index (χ2v) is 7.51. The zero-order chi connectivity index (χ0) is 23.1. The molecule has 1 aromatic carbocycles. The van der Waals surface area contributed by atoms with Gasteiger partial charge in [0.1, 0.15) is 5.82 Å². The number of aliphatic hydroxyl groups excluding tert-OH is 3. The van der Waals surface area contributed by atoms with Crippen LogP contribution in [-0.4, -0.2) is 50.7 Å². The number of nitrogens with zero attached hydrogens (tertiary/aromatic N) is 1. The van der Waals surface area contributed by atoms with E-state index in [1.165, 1.54) is 25.3 Å². The van der Waals surface area contributed by atoms with Crippen LogP contribution in [-0.2, 0) is 11.4 Å². The molecule has 0 spiro atoms. The number of hydrogen-bond acceptors (Lipinski definition) is 6. The summed E-state index contributed by atoms with van der Waals surface area (Å²) in [5.74, 6) is -1.36. The van der Waals surface area contributed by atoms with Crippen LogP contribution in [0, 0.1) is 5.82 Å². The molecule has 0 aliphatic rings. The third-order valence-corrected chi connectivity index (χ3v) is 4.77. The van der Waals surface area contributed by atoms with Gasteiger partial charge in [0.25, 0.3) is 0 Å². The maximum atomic E-state index is 13.5. The molecule has 1 heterocycles. The van der Waals surface area contributed by atoms with Crippen molar-refractivity contribution in [3.8, 4) is 17.0 Å². The number of hydrogen-bond donors (Lipinski definition) is 4. The van der Waals surface area contributed by atoms with E-state index in [0.717, 1.165) is 0 Å². The number of aliphatic hydroxyl groups is 3. The molecule has 2 rings (SSSR count). The van der Waals surface area contributed by atoms with Crippen LogP contribution in [0.25, 0.3) is 17.2 Å². The second-order valence-electron chi connectivity index (χ2n) is 7.51. The van der Waals surface area contributed by atoms with Crippen molar-refractivity contribution in [3.05, 3.63) is 53.0 Å². The summed E-state index contributed by atoms with van der Waals surface area (Å²) in [5, 5.41) is 38.8. The SMILES string of the molecule is COc1nc(C(C)C)c(/C=C/C(O)CC(O)CC(=O)O)c(-c2ccc(F)cc2)c1CO. The minimum Gasteiger partial charge on any atom is -0.481 e. The smallest absolute Gasteiger partial charge is 0.305 e. The Morgan fingerprint density at radius 1 is 1.23 bits per heavy atom. The average Bonchev–Trinajstić information content (AvgIpc) is 2.70.